The zero-order valence-corrected chi connectivity index (χ0v) is 12.1. The summed E-state index contributed by atoms with van der Waals surface area (Å²) in [5.74, 6) is -1.10. The van der Waals surface area contributed by atoms with Crippen LogP contribution in [0.5, 0.6) is 0 Å². The summed E-state index contributed by atoms with van der Waals surface area (Å²) in [5.41, 5.74) is 0. The zero-order chi connectivity index (χ0) is 15.4. The first-order valence-corrected chi connectivity index (χ1v) is 7.09. The molecule has 2 rings (SSSR count). The van der Waals surface area contributed by atoms with Crippen LogP contribution in [-0.4, -0.2) is 78.8 Å². The summed E-state index contributed by atoms with van der Waals surface area (Å²) in [6, 6.07) is -0.824. The second-order valence-corrected chi connectivity index (χ2v) is 5.38. The van der Waals surface area contributed by atoms with Crippen LogP contribution in [0.3, 0.4) is 0 Å². The van der Waals surface area contributed by atoms with Crippen LogP contribution in [0.4, 0.5) is 4.79 Å². The topological polar surface area (TPSA) is 99.2 Å². The van der Waals surface area contributed by atoms with Gasteiger partial charge in [0, 0.05) is 33.1 Å². The lowest BCUT2D eigenvalue weighted by atomic mass is 10.1. The number of aliphatic carboxylic acids is 1. The van der Waals surface area contributed by atoms with Crippen LogP contribution >= 0.6 is 0 Å². The van der Waals surface area contributed by atoms with E-state index in [4.69, 9.17) is 9.84 Å². The molecule has 0 aliphatic carbocycles. The van der Waals surface area contributed by atoms with E-state index >= 15 is 0 Å². The number of carbonyl (C=O) groups excluding carboxylic acids is 2. The fraction of sp³-hybridized carbons (Fsp3) is 0.769. The number of carboxylic acids is 1. The van der Waals surface area contributed by atoms with Crippen molar-refractivity contribution in [3.63, 3.8) is 0 Å². The number of carboxylic acid groups (broad SMARTS) is 1. The van der Waals surface area contributed by atoms with Crippen molar-refractivity contribution in [3.05, 3.63) is 0 Å². The third-order valence-electron chi connectivity index (χ3n) is 3.94. The fourth-order valence-electron chi connectivity index (χ4n) is 2.82. The molecule has 21 heavy (non-hydrogen) atoms. The van der Waals surface area contributed by atoms with Gasteiger partial charge >= 0.3 is 12.0 Å². The van der Waals surface area contributed by atoms with Crippen molar-refractivity contribution in [1.29, 1.82) is 0 Å². The van der Waals surface area contributed by atoms with Gasteiger partial charge in [0.15, 0.2) is 0 Å². The molecule has 0 spiro atoms. The van der Waals surface area contributed by atoms with Crippen molar-refractivity contribution >= 4 is 17.9 Å². The largest absolute Gasteiger partial charge is 0.481 e. The minimum absolute atomic E-state index is 0.00839. The molecule has 8 heteroatoms. The van der Waals surface area contributed by atoms with Gasteiger partial charge < -0.3 is 25.0 Å². The second-order valence-electron chi connectivity index (χ2n) is 5.38. The van der Waals surface area contributed by atoms with E-state index in [-0.39, 0.29) is 30.9 Å². The number of hydrogen-bond acceptors (Lipinski definition) is 4. The molecule has 2 atom stereocenters. The zero-order valence-electron chi connectivity index (χ0n) is 12.1. The Morgan fingerprint density at radius 2 is 2.10 bits per heavy atom. The number of amides is 3. The molecule has 0 aromatic rings. The molecule has 0 bridgehead atoms. The van der Waals surface area contributed by atoms with E-state index < -0.39 is 12.0 Å². The maximum atomic E-state index is 12.5. The van der Waals surface area contributed by atoms with Gasteiger partial charge in [-0.25, -0.2) is 4.79 Å². The number of nitrogens with zero attached hydrogens (tertiary/aromatic N) is 2. The van der Waals surface area contributed by atoms with E-state index in [1.54, 1.807) is 4.90 Å². The Morgan fingerprint density at radius 1 is 1.33 bits per heavy atom. The lowest BCUT2D eigenvalue weighted by Gasteiger charge is -2.36. The van der Waals surface area contributed by atoms with Crippen LogP contribution in [0.25, 0.3) is 0 Å². The summed E-state index contributed by atoms with van der Waals surface area (Å²) < 4.78 is 5.27. The van der Waals surface area contributed by atoms with Gasteiger partial charge in [-0.3, -0.25) is 9.59 Å². The first-order valence-electron chi connectivity index (χ1n) is 7.09. The van der Waals surface area contributed by atoms with Crippen molar-refractivity contribution in [2.75, 3.05) is 39.9 Å². The standard InChI is InChI=1S/C13H21N3O5/c1-14-12(19)10-8-21-5-4-16(10)13(20)15-3-2-9(7-15)6-11(17)18/h9-10H,2-8H2,1H3,(H,14,19)(H,17,18). The number of ether oxygens (including phenoxy) is 1. The number of hydrogen-bond donors (Lipinski definition) is 2. The monoisotopic (exact) mass is 299 g/mol. The molecule has 2 fully saturated rings. The highest BCUT2D eigenvalue weighted by Crippen LogP contribution is 2.22. The summed E-state index contributed by atoms with van der Waals surface area (Å²) in [5, 5.41) is 11.3. The van der Waals surface area contributed by atoms with E-state index in [0.29, 0.717) is 32.7 Å². The van der Waals surface area contributed by atoms with Gasteiger partial charge in [0.25, 0.3) is 0 Å². The quantitative estimate of drug-likeness (QED) is 0.721. The van der Waals surface area contributed by atoms with Crippen molar-refractivity contribution in [2.24, 2.45) is 5.92 Å². The Labute approximate surface area is 123 Å². The number of likely N-dealkylation sites (tertiary alicyclic amines) is 1. The van der Waals surface area contributed by atoms with Crippen molar-refractivity contribution in [1.82, 2.24) is 15.1 Å². The van der Waals surface area contributed by atoms with E-state index in [1.165, 1.54) is 11.9 Å². The Balaban J connectivity index is 1.98. The lowest BCUT2D eigenvalue weighted by molar-refractivity contribution is -0.138. The second kappa shape index (κ2) is 6.75. The van der Waals surface area contributed by atoms with Crippen LogP contribution in [0, 0.1) is 5.92 Å². The van der Waals surface area contributed by atoms with Crippen LogP contribution < -0.4 is 5.32 Å². The minimum atomic E-state index is -0.844. The number of nitrogens with one attached hydrogen (secondary N) is 1. The summed E-state index contributed by atoms with van der Waals surface area (Å²) in [6.07, 6.45) is 0.763. The predicted octanol–water partition coefficient (Wildman–Crippen LogP) is -0.650. The third-order valence-corrected chi connectivity index (χ3v) is 3.94. The van der Waals surface area contributed by atoms with Gasteiger partial charge in [-0.1, -0.05) is 0 Å². The number of rotatable bonds is 3. The van der Waals surface area contributed by atoms with Gasteiger partial charge in [0.05, 0.1) is 13.2 Å². The average Bonchev–Trinajstić information content (AvgIpc) is 2.93. The summed E-state index contributed by atoms with van der Waals surface area (Å²) in [4.78, 5) is 38.2. The number of morpholine rings is 1. The molecular formula is C13H21N3O5. The molecule has 0 saturated carbocycles. The molecule has 2 aliphatic rings. The highest BCUT2D eigenvalue weighted by atomic mass is 16.5. The fourth-order valence-corrected chi connectivity index (χ4v) is 2.82. The predicted molar refractivity (Wildman–Crippen MR) is 72.7 cm³/mol. The highest BCUT2D eigenvalue weighted by molar-refractivity contribution is 5.87. The molecule has 2 saturated heterocycles. The lowest BCUT2D eigenvalue weighted by Crippen LogP contribution is -2.58. The van der Waals surface area contributed by atoms with E-state index in [9.17, 15) is 14.4 Å². The molecule has 2 unspecified atom stereocenters. The van der Waals surface area contributed by atoms with Crippen molar-refractivity contribution in [2.45, 2.75) is 18.9 Å². The van der Waals surface area contributed by atoms with Gasteiger partial charge in [0.2, 0.25) is 5.91 Å². The van der Waals surface area contributed by atoms with E-state index in [0.717, 1.165) is 0 Å². The van der Waals surface area contributed by atoms with Gasteiger partial charge in [-0.2, -0.15) is 0 Å². The van der Waals surface area contributed by atoms with E-state index in [1.807, 2.05) is 0 Å². The number of carbonyl (C=O) groups is 3. The third kappa shape index (κ3) is 3.63. The molecule has 8 nitrogen and oxygen atoms in total. The van der Waals surface area contributed by atoms with Gasteiger partial charge in [-0.15, -0.1) is 0 Å². The molecule has 118 valence electrons. The Hall–Kier alpha value is -1.83. The molecule has 0 radical (unpaired) electrons. The van der Waals surface area contributed by atoms with Crippen molar-refractivity contribution < 1.29 is 24.2 Å². The maximum Gasteiger partial charge on any atom is 0.320 e. The van der Waals surface area contributed by atoms with Crippen LogP contribution in [-0.2, 0) is 14.3 Å². The van der Waals surface area contributed by atoms with Crippen LogP contribution in [0.1, 0.15) is 12.8 Å². The Morgan fingerprint density at radius 3 is 2.76 bits per heavy atom. The summed E-state index contributed by atoms with van der Waals surface area (Å²) >= 11 is 0. The molecular weight excluding hydrogens is 278 g/mol. The maximum absolute atomic E-state index is 12.5. The van der Waals surface area contributed by atoms with Crippen LogP contribution in [0.15, 0.2) is 0 Å². The summed E-state index contributed by atoms with van der Waals surface area (Å²) in [6.45, 7) is 1.94. The number of likely N-dealkylation sites (N-methyl/N-ethyl adjacent to an activating group) is 1. The highest BCUT2D eigenvalue weighted by Gasteiger charge is 2.37. The SMILES string of the molecule is CNC(=O)C1COCCN1C(=O)N1CCC(CC(=O)O)C1. The Kier molecular flexibility index (Phi) is 5.00. The summed E-state index contributed by atoms with van der Waals surface area (Å²) in [7, 11) is 1.53. The van der Waals surface area contributed by atoms with E-state index in [2.05, 4.69) is 5.32 Å². The molecule has 2 N–H and O–H groups in total. The first-order chi connectivity index (χ1) is 10.0. The first kappa shape index (κ1) is 15.6. The normalized spacial score (nSPS) is 25.8. The van der Waals surface area contributed by atoms with Crippen molar-refractivity contribution in [3.8, 4) is 0 Å². The minimum Gasteiger partial charge on any atom is -0.481 e. The van der Waals surface area contributed by atoms with Gasteiger partial charge in [-0.05, 0) is 12.3 Å². The molecule has 0 aromatic carbocycles. The molecule has 0 aromatic heterocycles. The molecule has 2 aliphatic heterocycles. The molecule has 3 amide bonds. The smallest absolute Gasteiger partial charge is 0.320 e. The average molecular weight is 299 g/mol. The molecule has 2 heterocycles. The Bertz CT molecular complexity index is 428. The number of urea groups is 1. The van der Waals surface area contributed by atoms with Crippen LogP contribution in [0.2, 0.25) is 0 Å². The van der Waals surface area contributed by atoms with Gasteiger partial charge in [0.1, 0.15) is 6.04 Å².